The van der Waals surface area contributed by atoms with Gasteiger partial charge in [0.2, 0.25) is 0 Å². The minimum atomic E-state index is -2.03. The quantitative estimate of drug-likeness (QED) is 0.670. The highest BCUT2D eigenvalue weighted by atomic mass is 32.2. The van der Waals surface area contributed by atoms with Crippen LogP contribution in [-0.2, 0) is 11.3 Å². The van der Waals surface area contributed by atoms with Crippen LogP contribution in [0.4, 0.5) is 4.39 Å². The van der Waals surface area contributed by atoms with Crippen LogP contribution in [0.3, 0.4) is 0 Å². The maximum Gasteiger partial charge on any atom is 0.126 e. The van der Waals surface area contributed by atoms with E-state index in [0.717, 1.165) is 4.31 Å². The van der Waals surface area contributed by atoms with E-state index in [2.05, 4.69) is 0 Å². The Hall–Kier alpha value is -0.780. The topological polar surface area (TPSA) is 43.4 Å². The monoisotopic (exact) mass is 218 g/mol. The van der Waals surface area contributed by atoms with Crippen molar-refractivity contribution in [2.45, 2.75) is 6.92 Å². The number of halogens is 1. The third kappa shape index (κ3) is 5.80. The van der Waals surface area contributed by atoms with Gasteiger partial charge in [0.1, 0.15) is 5.82 Å². The van der Waals surface area contributed by atoms with Gasteiger partial charge in [-0.3, -0.25) is 4.21 Å². The van der Waals surface area contributed by atoms with Crippen molar-refractivity contribution < 1.29 is 13.2 Å². The highest BCUT2D eigenvalue weighted by Crippen LogP contribution is 2.01. The first kappa shape index (κ1) is 13.2. The molecular formula is C9H13FNO2S-. The van der Waals surface area contributed by atoms with Crippen LogP contribution in [0.5, 0.6) is 0 Å². The fraction of sp³-hybridized carbons (Fsp3) is 0.333. The molecule has 0 bridgehead atoms. The lowest BCUT2D eigenvalue weighted by Gasteiger charge is -2.10. The molecule has 14 heavy (non-hydrogen) atoms. The molecule has 0 N–H and O–H groups in total. The lowest BCUT2D eigenvalue weighted by Crippen LogP contribution is -2.13. The maximum atomic E-state index is 12.3. The predicted octanol–water partition coefficient (Wildman–Crippen LogP) is 1.48. The van der Waals surface area contributed by atoms with E-state index < -0.39 is 11.3 Å². The first-order valence-corrected chi connectivity index (χ1v) is 4.96. The van der Waals surface area contributed by atoms with Gasteiger partial charge in [0.05, 0.1) is 0 Å². The summed E-state index contributed by atoms with van der Waals surface area (Å²) in [6.45, 7) is 1.75. The van der Waals surface area contributed by atoms with Crippen molar-refractivity contribution in [1.82, 2.24) is 4.31 Å². The van der Waals surface area contributed by atoms with Crippen molar-refractivity contribution in [3.8, 4) is 0 Å². The Bertz CT molecular complexity index is 284. The van der Waals surface area contributed by atoms with Gasteiger partial charge in [-0.05, 0) is 32.6 Å². The summed E-state index contributed by atoms with van der Waals surface area (Å²) in [5.41, 5.74) is 0.701. The number of rotatable bonds is 1. The highest BCUT2D eigenvalue weighted by Gasteiger charge is 1.88. The van der Waals surface area contributed by atoms with E-state index in [9.17, 15) is 13.2 Å². The Kier molecular flexibility index (Phi) is 6.27. The highest BCUT2D eigenvalue weighted by molar-refractivity contribution is 7.76. The van der Waals surface area contributed by atoms with Gasteiger partial charge >= 0.3 is 0 Å². The Labute approximate surface area is 86.0 Å². The van der Waals surface area contributed by atoms with Crippen LogP contribution in [0.25, 0.3) is 0 Å². The molecule has 0 aromatic heterocycles. The van der Waals surface area contributed by atoms with Gasteiger partial charge in [0.25, 0.3) is 0 Å². The number of hydrogen-bond donors (Lipinski definition) is 0. The fourth-order valence-corrected chi connectivity index (χ4v) is 0.551. The molecule has 1 aromatic rings. The van der Waals surface area contributed by atoms with Crippen LogP contribution in [0.2, 0.25) is 0 Å². The molecule has 0 radical (unpaired) electrons. The van der Waals surface area contributed by atoms with Crippen molar-refractivity contribution in [2.24, 2.45) is 0 Å². The molecule has 0 aliphatic carbocycles. The summed E-state index contributed by atoms with van der Waals surface area (Å²) in [5.74, 6) is -0.132. The van der Waals surface area contributed by atoms with Crippen molar-refractivity contribution >= 4 is 11.3 Å². The number of nitrogens with zero attached hydrogens (tertiary/aromatic N) is 1. The Morgan fingerprint density at radius 3 is 2.00 bits per heavy atom. The second-order valence-electron chi connectivity index (χ2n) is 2.78. The van der Waals surface area contributed by atoms with Crippen molar-refractivity contribution in [2.75, 3.05) is 14.1 Å². The van der Waals surface area contributed by atoms with Gasteiger partial charge in [-0.1, -0.05) is 18.2 Å². The summed E-state index contributed by atoms with van der Waals surface area (Å²) in [5, 5.41) is 0. The molecule has 0 heterocycles. The van der Waals surface area contributed by atoms with E-state index in [-0.39, 0.29) is 5.82 Å². The molecule has 0 saturated carbocycles. The molecule has 0 amide bonds. The van der Waals surface area contributed by atoms with E-state index in [1.165, 1.54) is 20.2 Å². The van der Waals surface area contributed by atoms with Crippen molar-refractivity contribution in [1.29, 1.82) is 0 Å². The standard InChI is InChI=1S/C7H7F.C2H7NO2S/c1-6-4-2-3-5-7(6)8;1-3(2)6(4)5/h2-5H,1H3;1-2H3,(H,4,5)/p-1. The zero-order valence-electron chi connectivity index (χ0n) is 8.36. The summed E-state index contributed by atoms with van der Waals surface area (Å²) in [6, 6.07) is 6.70. The SMILES string of the molecule is CN(C)S(=O)[O-].Cc1ccccc1F. The molecule has 0 aliphatic heterocycles. The third-order valence-corrected chi connectivity index (χ3v) is 1.97. The Balaban J connectivity index is 0.000000255. The zero-order valence-corrected chi connectivity index (χ0v) is 9.18. The van der Waals surface area contributed by atoms with Crippen LogP contribution < -0.4 is 0 Å². The zero-order chi connectivity index (χ0) is 11.1. The second-order valence-corrected chi connectivity index (χ2v) is 3.94. The molecule has 1 atom stereocenters. The van der Waals surface area contributed by atoms with Crippen LogP contribution in [-0.4, -0.2) is 27.2 Å². The Morgan fingerprint density at radius 2 is 1.79 bits per heavy atom. The van der Waals surface area contributed by atoms with Gasteiger partial charge in [-0.15, -0.1) is 0 Å². The van der Waals surface area contributed by atoms with Gasteiger partial charge in [0, 0.05) is 11.3 Å². The van der Waals surface area contributed by atoms with E-state index in [1.807, 2.05) is 6.07 Å². The molecule has 1 rings (SSSR count). The van der Waals surface area contributed by atoms with E-state index in [4.69, 9.17) is 0 Å². The van der Waals surface area contributed by atoms with E-state index in [0.29, 0.717) is 5.56 Å². The average Bonchev–Trinajstić information content (AvgIpc) is 2.11. The molecule has 0 fully saturated rings. The molecular weight excluding hydrogens is 205 g/mol. The molecule has 80 valence electrons. The minimum absolute atomic E-state index is 0.132. The van der Waals surface area contributed by atoms with E-state index in [1.54, 1.807) is 19.1 Å². The first-order chi connectivity index (χ1) is 6.45. The number of aryl methyl sites for hydroxylation is 1. The number of benzene rings is 1. The van der Waals surface area contributed by atoms with Crippen LogP contribution in [0.1, 0.15) is 5.56 Å². The minimum Gasteiger partial charge on any atom is -0.760 e. The average molecular weight is 218 g/mol. The van der Waals surface area contributed by atoms with Crippen molar-refractivity contribution in [3.63, 3.8) is 0 Å². The normalized spacial score (nSPS) is 11.9. The molecule has 0 spiro atoms. The van der Waals surface area contributed by atoms with Crippen molar-refractivity contribution in [3.05, 3.63) is 35.6 Å². The second kappa shape index (κ2) is 6.64. The summed E-state index contributed by atoms with van der Waals surface area (Å²) in [6.07, 6.45) is 0. The van der Waals surface area contributed by atoms with Gasteiger partial charge < -0.3 is 4.55 Å². The number of hydrogen-bond acceptors (Lipinski definition) is 2. The molecule has 1 unspecified atom stereocenters. The smallest absolute Gasteiger partial charge is 0.126 e. The Morgan fingerprint density at radius 1 is 1.36 bits per heavy atom. The van der Waals surface area contributed by atoms with E-state index >= 15 is 0 Å². The lowest BCUT2D eigenvalue weighted by atomic mass is 10.2. The first-order valence-electron chi connectivity index (χ1n) is 3.93. The molecule has 0 saturated heterocycles. The van der Waals surface area contributed by atoms with Crippen LogP contribution in [0.15, 0.2) is 24.3 Å². The van der Waals surface area contributed by atoms with Crippen LogP contribution >= 0.6 is 0 Å². The largest absolute Gasteiger partial charge is 0.760 e. The van der Waals surface area contributed by atoms with Crippen LogP contribution in [0, 0.1) is 12.7 Å². The fourth-order valence-electron chi connectivity index (χ4n) is 0.551. The molecule has 0 aliphatic rings. The third-order valence-electron chi connectivity index (χ3n) is 1.37. The predicted molar refractivity (Wildman–Crippen MR) is 53.7 cm³/mol. The summed E-state index contributed by atoms with van der Waals surface area (Å²) < 4.78 is 32.7. The summed E-state index contributed by atoms with van der Waals surface area (Å²) in [4.78, 5) is 0. The molecule has 1 aromatic carbocycles. The maximum absolute atomic E-state index is 12.3. The lowest BCUT2D eigenvalue weighted by molar-refractivity contribution is 0.470. The molecule has 5 heteroatoms. The summed E-state index contributed by atoms with van der Waals surface area (Å²) in [7, 11) is 2.92. The summed E-state index contributed by atoms with van der Waals surface area (Å²) >= 11 is -2.03. The van der Waals surface area contributed by atoms with Gasteiger partial charge in [0.15, 0.2) is 0 Å². The van der Waals surface area contributed by atoms with Gasteiger partial charge in [-0.25, -0.2) is 8.70 Å². The molecule has 3 nitrogen and oxygen atoms in total. The van der Waals surface area contributed by atoms with Gasteiger partial charge in [-0.2, -0.15) is 0 Å².